The molecule has 2 heteroatoms. The fraction of sp³-hybridized carbons (Fsp3) is 0.684. The highest BCUT2D eigenvalue weighted by molar-refractivity contribution is 5.27. The monoisotopic (exact) mass is 289 g/mol. The number of rotatable bonds is 7. The maximum atomic E-state index is 5.71. The number of nitrogens with one attached hydrogen (secondary N) is 1. The minimum atomic E-state index is 0.432. The molecule has 1 aliphatic rings. The average molecular weight is 289 g/mol. The van der Waals surface area contributed by atoms with Crippen LogP contribution in [0.15, 0.2) is 24.3 Å². The van der Waals surface area contributed by atoms with Gasteiger partial charge in [0.05, 0.1) is 6.61 Å². The molecule has 0 saturated heterocycles. The molecule has 1 aromatic carbocycles. The van der Waals surface area contributed by atoms with Gasteiger partial charge in [0.1, 0.15) is 5.75 Å². The van der Waals surface area contributed by atoms with Crippen LogP contribution < -0.4 is 10.1 Å². The van der Waals surface area contributed by atoms with E-state index in [4.69, 9.17) is 4.74 Å². The number of hydrogen-bond donors (Lipinski definition) is 1. The van der Waals surface area contributed by atoms with Crippen LogP contribution in [0.4, 0.5) is 0 Å². The maximum Gasteiger partial charge on any atom is 0.119 e. The largest absolute Gasteiger partial charge is 0.494 e. The molecule has 0 radical (unpaired) electrons. The Labute approximate surface area is 130 Å². The van der Waals surface area contributed by atoms with Crippen molar-refractivity contribution in [2.75, 3.05) is 6.61 Å². The summed E-state index contributed by atoms with van der Waals surface area (Å²) in [5.41, 5.74) is 1.78. The maximum absolute atomic E-state index is 5.71. The molecule has 0 spiro atoms. The van der Waals surface area contributed by atoms with E-state index in [1.165, 1.54) is 37.7 Å². The van der Waals surface area contributed by atoms with Crippen molar-refractivity contribution in [2.45, 2.75) is 71.9 Å². The normalized spacial score (nSPS) is 21.2. The molecule has 118 valence electrons. The van der Waals surface area contributed by atoms with E-state index < -0.39 is 0 Å². The van der Waals surface area contributed by atoms with Crippen molar-refractivity contribution in [3.63, 3.8) is 0 Å². The fourth-order valence-electron chi connectivity index (χ4n) is 3.15. The Balaban J connectivity index is 1.80. The highest BCUT2D eigenvalue weighted by atomic mass is 16.5. The van der Waals surface area contributed by atoms with Crippen LogP contribution >= 0.6 is 0 Å². The summed E-state index contributed by atoms with van der Waals surface area (Å²) in [4.78, 5) is 0. The second-order valence-electron chi connectivity index (χ2n) is 7.01. The lowest BCUT2D eigenvalue weighted by molar-refractivity contribution is 0.167. The Bertz CT molecular complexity index is 410. The Morgan fingerprint density at radius 3 is 2.62 bits per heavy atom. The van der Waals surface area contributed by atoms with Crippen LogP contribution in [0.5, 0.6) is 5.75 Å². The zero-order chi connectivity index (χ0) is 15.1. The number of hydrogen-bond acceptors (Lipinski definition) is 2. The summed E-state index contributed by atoms with van der Waals surface area (Å²) in [7, 11) is 0. The van der Waals surface area contributed by atoms with Gasteiger partial charge in [-0.25, -0.2) is 0 Å². The van der Waals surface area contributed by atoms with E-state index in [2.05, 4.69) is 50.4 Å². The summed E-state index contributed by atoms with van der Waals surface area (Å²) in [5, 5.41) is 3.76. The SMILES string of the molecule is CCCCOc1ccc(CNC2CCCCC2(C)C)cc1. The minimum Gasteiger partial charge on any atom is -0.494 e. The van der Waals surface area contributed by atoms with E-state index in [1.54, 1.807) is 0 Å². The van der Waals surface area contributed by atoms with Crippen molar-refractivity contribution in [1.29, 1.82) is 0 Å². The minimum absolute atomic E-state index is 0.432. The zero-order valence-electron chi connectivity index (χ0n) is 14.0. The summed E-state index contributed by atoms with van der Waals surface area (Å²) >= 11 is 0. The Kier molecular flexibility index (Phi) is 6.10. The topological polar surface area (TPSA) is 21.3 Å². The van der Waals surface area contributed by atoms with Crippen LogP contribution in [0.3, 0.4) is 0 Å². The second kappa shape index (κ2) is 7.84. The van der Waals surface area contributed by atoms with Gasteiger partial charge in [0, 0.05) is 12.6 Å². The van der Waals surface area contributed by atoms with Gasteiger partial charge in [0.25, 0.3) is 0 Å². The van der Waals surface area contributed by atoms with Gasteiger partial charge >= 0.3 is 0 Å². The number of ether oxygens (including phenoxy) is 1. The van der Waals surface area contributed by atoms with Gasteiger partial charge in [0.15, 0.2) is 0 Å². The molecular weight excluding hydrogens is 258 g/mol. The van der Waals surface area contributed by atoms with Gasteiger partial charge in [-0.2, -0.15) is 0 Å². The molecule has 1 atom stereocenters. The highest BCUT2D eigenvalue weighted by Crippen LogP contribution is 2.35. The quantitative estimate of drug-likeness (QED) is 0.719. The molecule has 0 aliphatic heterocycles. The molecule has 0 bridgehead atoms. The molecule has 0 heterocycles. The lowest BCUT2D eigenvalue weighted by atomic mass is 9.73. The van der Waals surface area contributed by atoms with Gasteiger partial charge in [-0.15, -0.1) is 0 Å². The second-order valence-corrected chi connectivity index (χ2v) is 7.01. The molecule has 1 unspecified atom stereocenters. The standard InChI is InChI=1S/C19H31NO/c1-4-5-14-21-17-11-9-16(10-12-17)15-20-18-8-6-7-13-19(18,2)3/h9-12,18,20H,4-8,13-15H2,1-3H3. The smallest absolute Gasteiger partial charge is 0.119 e. The molecular formula is C19H31NO. The van der Waals surface area contributed by atoms with Crippen molar-refractivity contribution in [3.8, 4) is 5.75 Å². The molecule has 1 fully saturated rings. The lowest BCUT2D eigenvalue weighted by Gasteiger charge is -2.39. The van der Waals surface area contributed by atoms with Crippen molar-refractivity contribution < 1.29 is 4.74 Å². The van der Waals surface area contributed by atoms with Crippen molar-refractivity contribution >= 4 is 0 Å². The number of unbranched alkanes of at least 4 members (excludes halogenated alkanes) is 1. The van der Waals surface area contributed by atoms with E-state index in [9.17, 15) is 0 Å². The van der Waals surface area contributed by atoms with E-state index in [0.717, 1.165) is 25.3 Å². The molecule has 21 heavy (non-hydrogen) atoms. The molecule has 0 amide bonds. The first kappa shape index (κ1) is 16.4. The number of benzene rings is 1. The summed E-state index contributed by atoms with van der Waals surface area (Å²) in [6, 6.07) is 9.21. The molecule has 2 nitrogen and oxygen atoms in total. The van der Waals surface area contributed by atoms with Gasteiger partial charge in [-0.1, -0.05) is 52.2 Å². The molecule has 2 rings (SSSR count). The summed E-state index contributed by atoms with van der Waals surface area (Å²) < 4.78 is 5.71. The van der Waals surface area contributed by atoms with Crippen molar-refractivity contribution in [2.24, 2.45) is 5.41 Å². The Morgan fingerprint density at radius 2 is 1.95 bits per heavy atom. The van der Waals surface area contributed by atoms with Gasteiger partial charge in [0.2, 0.25) is 0 Å². The van der Waals surface area contributed by atoms with E-state index in [1.807, 2.05) is 0 Å². The fourth-order valence-corrected chi connectivity index (χ4v) is 3.15. The third kappa shape index (κ3) is 5.03. The molecule has 1 saturated carbocycles. The predicted octanol–water partition coefficient (Wildman–Crippen LogP) is 4.92. The molecule has 0 aromatic heterocycles. The van der Waals surface area contributed by atoms with Crippen LogP contribution in [-0.4, -0.2) is 12.6 Å². The third-order valence-corrected chi connectivity index (χ3v) is 4.75. The summed E-state index contributed by atoms with van der Waals surface area (Å²) in [5.74, 6) is 0.991. The Hall–Kier alpha value is -1.02. The molecule has 1 aliphatic carbocycles. The van der Waals surface area contributed by atoms with Gasteiger partial charge in [-0.05, 0) is 42.4 Å². The lowest BCUT2D eigenvalue weighted by Crippen LogP contribution is -2.43. The average Bonchev–Trinajstić information content (AvgIpc) is 2.47. The Morgan fingerprint density at radius 1 is 1.19 bits per heavy atom. The summed E-state index contributed by atoms with van der Waals surface area (Å²) in [6.07, 6.45) is 7.71. The zero-order valence-corrected chi connectivity index (χ0v) is 14.0. The van der Waals surface area contributed by atoms with Crippen molar-refractivity contribution in [1.82, 2.24) is 5.32 Å². The first-order valence-electron chi connectivity index (χ1n) is 8.57. The molecule has 1 aromatic rings. The summed E-state index contributed by atoms with van der Waals surface area (Å²) in [6.45, 7) is 8.77. The van der Waals surface area contributed by atoms with Gasteiger partial charge in [-0.3, -0.25) is 0 Å². The first-order valence-corrected chi connectivity index (χ1v) is 8.57. The first-order chi connectivity index (χ1) is 10.1. The van der Waals surface area contributed by atoms with E-state index in [0.29, 0.717) is 11.5 Å². The van der Waals surface area contributed by atoms with Crippen LogP contribution in [0.1, 0.15) is 64.9 Å². The molecule has 1 N–H and O–H groups in total. The van der Waals surface area contributed by atoms with Crippen LogP contribution in [0.2, 0.25) is 0 Å². The third-order valence-electron chi connectivity index (χ3n) is 4.75. The van der Waals surface area contributed by atoms with Crippen LogP contribution in [0, 0.1) is 5.41 Å². The van der Waals surface area contributed by atoms with E-state index in [-0.39, 0.29) is 0 Å². The van der Waals surface area contributed by atoms with Crippen LogP contribution in [-0.2, 0) is 6.54 Å². The van der Waals surface area contributed by atoms with Gasteiger partial charge < -0.3 is 10.1 Å². The van der Waals surface area contributed by atoms with Crippen LogP contribution in [0.25, 0.3) is 0 Å². The van der Waals surface area contributed by atoms with E-state index >= 15 is 0 Å². The highest BCUT2D eigenvalue weighted by Gasteiger charge is 2.31. The van der Waals surface area contributed by atoms with Crippen molar-refractivity contribution in [3.05, 3.63) is 29.8 Å². The predicted molar refractivity (Wildman–Crippen MR) is 89.7 cm³/mol.